The van der Waals surface area contributed by atoms with Crippen molar-refractivity contribution in [1.29, 1.82) is 0 Å². The molecule has 27 heavy (non-hydrogen) atoms. The van der Waals surface area contributed by atoms with Crippen LogP contribution in [-0.2, 0) is 27.2 Å². The molecule has 2 aromatic rings. The van der Waals surface area contributed by atoms with Crippen LogP contribution in [0.4, 0.5) is 5.69 Å². The van der Waals surface area contributed by atoms with Gasteiger partial charge in [0.15, 0.2) is 0 Å². The first-order chi connectivity index (χ1) is 13.0. The van der Waals surface area contributed by atoms with Gasteiger partial charge in [0.05, 0.1) is 19.4 Å². The van der Waals surface area contributed by atoms with Crippen molar-refractivity contribution in [2.24, 2.45) is 0 Å². The molecule has 0 bridgehead atoms. The second kappa shape index (κ2) is 10.4. The molecule has 0 fully saturated rings. The summed E-state index contributed by atoms with van der Waals surface area (Å²) in [6.45, 7) is 1.87. The molecule has 0 unspecified atom stereocenters. The van der Waals surface area contributed by atoms with Crippen LogP contribution in [-0.4, -0.2) is 35.7 Å². The molecule has 0 radical (unpaired) electrons. The Balaban J connectivity index is 1.99. The number of hydrogen-bond acceptors (Lipinski definition) is 4. The molecule has 0 aliphatic carbocycles. The first kappa shape index (κ1) is 20.5. The maximum atomic E-state index is 12.6. The van der Waals surface area contributed by atoms with Crippen LogP contribution in [0, 0.1) is 0 Å². The van der Waals surface area contributed by atoms with Crippen molar-refractivity contribution in [2.75, 3.05) is 18.1 Å². The van der Waals surface area contributed by atoms with Crippen LogP contribution in [0.5, 0.6) is 0 Å². The molecule has 0 heterocycles. The molecule has 142 valence electrons. The van der Waals surface area contributed by atoms with Crippen LogP contribution in [0.25, 0.3) is 0 Å². The monoisotopic (exact) mass is 367 g/mol. The number of ketones is 2. The standard InChI is InChI=1S/C22H25NO4/c1-2-20(25)16-21(26)14-17-8-10-18(11-9-17)15-22(27)23(12-13-24)19-6-4-3-5-7-19/h3-11,24H,2,12-16H2,1H3. The summed E-state index contributed by atoms with van der Waals surface area (Å²) in [5, 5.41) is 9.26. The van der Waals surface area contributed by atoms with Gasteiger partial charge in [-0.15, -0.1) is 0 Å². The number of rotatable bonds is 10. The van der Waals surface area contributed by atoms with Gasteiger partial charge in [0, 0.05) is 25.1 Å². The number of carbonyl (C=O) groups excluding carboxylic acids is 3. The summed E-state index contributed by atoms with van der Waals surface area (Å²) in [6, 6.07) is 16.5. The van der Waals surface area contributed by atoms with Gasteiger partial charge in [-0.05, 0) is 23.3 Å². The zero-order valence-electron chi connectivity index (χ0n) is 15.6. The van der Waals surface area contributed by atoms with Crippen LogP contribution in [0.1, 0.15) is 30.9 Å². The number of nitrogens with zero attached hydrogens (tertiary/aromatic N) is 1. The number of anilines is 1. The summed E-state index contributed by atoms with van der Waals surface area (Å²) >= 11 is 0. The lowest BCUT2D eigenvalue weighted by Crippen LogP contribution is -2.34. The molecule has 5 heteroatoms. The van der Waals surface area contributed by atoms with E-state index in [4.69, 9.17) is 0 Å². The highest BCUT2D eigenvalue weighted by atomic mass is 16.3. The van der Waals surface area contributed by atoms with Crippen molar-refractivity contribution in [3.8, 4) is 0 Å². The summed E-state index contributed by atoms with van der Waals surface area (Å²) in [5.41, 5.74) is 2.41. The van der Waals surface area contributed by atoms with Crippen LogP contribution < -0.4 is 4.90 Å². The minimum Gasteiger partial charge on any atom is -0.395 e. The van der Waals surface area contributed by atoms with Crippen molar-refractivity contribution in [1.82, 2.24) is 0 Å². The quantitative estimate of drug-likeness (QED) is 0.655. The van der Waals surface area contributed by atoms with Crippen molar-refractivity contribution in [3.05, 3.63) is 65.7 Å². The summed E-state index contributed by atoms with van der Waals surface area (Å²) in [6.07, 6.45) is 0.778. The first-order valence-corrected chi connectivity index (χ1v) is 9.11. The van der Waals surface area contributed by atoms with E-state index in [1.165, 1.54) is 0 Å². The molecule has 0 saturated heterocycles. The fourth-order valence-corrected chi connectivity index (χ4v) is 2.79. The molecule has 0 aliphatic rings. The number of para-hydroxylation sites is 1. The summed E-state index contributed by atoms with van der Waals surface area (Å²) < 4.78 is 0. The van der Waals surface area contributed by atoms with Gasteiger partial charge in [0.25, 0.3) is 0 Å². The molecule has 1 N–H and O–H groups in total. The van der Waals surface area contributed by atoms with Crippen molar-refractivity contribution < 1.29 is 19.5 Å². The van der Waals surface area contributed by atoms with E-state index in [1.807, 2.05) is 54.6 Å². The number of carbonyl (C=O) groups is 3. The third kappa shape index (κ3) is 6.46. The Hall–Kier alpha value is -2.79. The highest BCUT2D eigenvalue weighted by Crippen LogP contribution is 2.15. The second-order valence-electron chi connectivity index (χ2n) is 6.38. The smallest absolute Gasteiger partial charge is 0.231 e. The Morgan fingerprint density at radius 1 is 0.852 bits per heavy atom. The van der Waals surface area contributed by atoms with E-state index >= 15 is 0 Å². The van der Waals surface area contributed by atoms with Gasteiger partial charge in [0.1, 0.15) is 11.6 Å². The third-order valence-corrected chi connectivity index (χ3v) is 4.26. The molecule has 0 aliphatic heterocycles. The molecule has 1 amide bonds. The Kier molecular flexibility index (Phi) is 7.89. The Morgan fingerprint density at radius 2 is 1.44 bits per heavy atom. The van der Waals surface area contributed by atoms with Crippen LogP contribution >= 0.6 is 0 Å². The fraction of sp³-hybridized carbons (Fsp3) is 0.318. The van der Waals surface area contributed by atoms with Crippen molar-refractivity contribution in [3.63, 3.8) is 0 Å². The fourth-order valence-electron chi connectivity index (χ4n) is 2.79. The van der Waals surface area contributed by atoms with E-state index in [2.05, 4.69) is 0 Å². The molecule has 5 nitrogen and oxygen atoms in total. The number of amides is 1. The van der Waals surface area contributed by atoms with Gasteiger partial charge in [0.2, 0.25) is 5.91 Å². The van der Waals surface area contributed by atoms with E-state index in [9.17, 15) is 19.5 Å². The average Bonchev–Trinajstić information content (AvgIpc) is 2.68. The Bertz CT molecular complexity index is 769. The van der Waals surface area contributed by atoms with Gasteiger partial charge in [-0.25, -0.2) is 0 Å². The van der Waals surface area contributed by atoms with Crippen LogP contribution in [0.2, 0.25) is 0 Å². The normalized spacial score (nSPS) is 10.4. The lowest BCUT2D eigenvalue weighted by molar-refractivity contribution is -0.126. The number of benzene rings is 2. The molecule has 0 atom stereocenters. The van der Waals surface area contributed by atoms with Crippen LogP contribution in [0.3, 0.4) is 0 Å². The number of aliphatic hydroxyl groups is 1. The minimum atomic E-state index is -0.113. The molecular weight excluding hydrogens is 342 g/mol. The van der Waals surface area contributed by atoms with E-state index in [0.29, 0.717) is 6.42 Å². The topological polar surface area (TPSA) is 74.7 Å². The predicted octanol–water partition coefficient (Wildman–Crippen LogP) is 2.74. The Labute approximate surface area is 159 Å². The maximum absolute atomic E-state index is 12.6. The maximum Gasteiger partial charge on any atom is 0.231 e. The minimum absolute atomic E-state index is 0.0239. The highest BCUT2D eigenvalue weighted by Gasteiger charge is 2.16. The van der Waals surface area contributed by atoms with Gasteiger partial charge in [-0.2, -0.15) is 0 Å². The number of hydrogen-bond donors (Lipinski definition) is 1. The first-order valence-electron chi connectivity index (χ1n) is 9.11. The predicted molar refractivity (Wildman–Crippen MR) is 105 cm³/mol. The number of Topliss-reactive ketones (excluding diaryl/α,β-unsaturated/α-hetero) is 2. The van der Waals surface area contributed by atoms with Crippen molar-refractivity contribution in [2.45, 2.75) is 32.6 Å². The zero-order valence-corrected chi connectivity index (χ0v) is 15.6. The third-order valence-electron chi connectivity index (χ3n) is 4.26. The van der Waals surface area contributed by atoms with E-state index in [0.717, 1.165) is 16.8 Å². The molecule has 2 aromatic carbocycles. The molecule has 0 saturated carbocycles. The SMILES string of the molecule is CCC(=O)CC(=O)Cc1ccc(CC(=O)N(CCO)c2ccccc2)cc1. The average molecular weight is 367 g/mol. The summed E-state index contributed by atoms with van der Waals surface area (Å²) in [7, 11) is 0. The van der Waals surface area contributed by atoms with E-state index in [1.54, 1.807) is 11.8 Å². The van der Waals surface area contributed by atoms with Crippen LogP contribution in [0.15, 0.2) is 54.6 Å². The lowest BCUT2D eigenvalue weighted by atomic mass is 10.0. The van der Waals surface area contributed by atoms with Crippen molar-refractivity contribution >= 4 is 23.2 Å². The largest absolute Gasteiger partial charge is 0.395 e. The summed E-state index contributed by atoms with van der Waals surface area (Å²) in [5.74, 6) is -0.247. The van der Waals surface area contributed by atoms with Gasteiger partial charge < -0.3 is 10.0 Å². The molecular formula is C22H25NO4. The van der Waals surface area contributed by atoms with Gasteiger partial charge >= 0.3 is 0 Å². The van der Waals surface area contributed by atoms with Gasteiger partial charge in [-0.1, -0.05) is 49.4 Å². The Morgan fingerprint density at radius 3 is 2.00 bits per heavy atom. The summed E-state index contributed by atoms with van der Waals surface area (Å²) in [4.78, 5) is 37.4. The highest BCUT2D eigenvalue weighted by molar-refractivity contribution is 5.99. The lowest BCUT2D eigenvalue weighted by Gasteiger charge is -2.22. The molecule has 0 spiro atoms. The second-order valence-corrected chi connectivity index (χ2v) is 6.38. The van der Waals surface area contributed by atoms with Gasteiger partial charge in [-0.3, -0.25) is 14.4 Å². The van der Waals surface area contributed by atoms with E-state index in [-0.39, 0.29) is 49.9 Å². The molecule has 2 rings (SSSR count). The molecule has 0 aromatic heterocycles. The van der Waals surface area contributed by atoms with E-state index < -0.39 is 0 Å². The number of aliphatic hydroxyl groups excluding tert-OH is 1. The zero-order chi connectivity index (χ0) is 19.6.